The summed E-state index contributed by atoms with van der Waals surface area (Å²) in [5.41, 5.74) is 0.505. The quantitative estimate of drug-likeness (QED) is 0.776. The number of urea groups is 1. The number of imide groups is 1. The van der Waals surface area contributed by atoms with E-state index in [1.54, 1.807) is 19.1 Å². The molecule has 0 spiro atoms. The Hall–Kier alpha value is -3.10. The summed E-state index contributed by atoms with van der Waals surface area (Å²) in [6.07, 6.45) is -1.75. The van der Waals surface area contributed by atoms with Gasteiger partial charge in [0.05, 0.1) is 12.2 Å². The molecular formula is C16H19N3O6. The number of nitrogens with zero attached hydrogens (tertiary/aromatic N) is 1. The number of carbonyl (C=O) groups is 4. The predicted octanol–water partition coefficient (Wildman–Crippen LogP) is 1.35. The van der Waals surface area contributed by atoms with Crippen LogP contribution in [-0.4, -0.2) is 54.7 Å². The molecule has 0 aromatic heterocycles. The van der Waals surface area contributed by atoms with Gasteiger partial charge in [-0.2, -0.15) is 0 Å². The maximum absolute atomic E-state index is 12.2. The minimum atomic E-state index is -1.11. The van der Waals surface area contributed by atoms with Crippen molar-refractivity contribution in [3.05, 3.63) is 29.8 Å². The van der Waals surface area contributed by atoms with Crippen LogP contribution in [0, 0.1) is 0 Å². The lowest BCUT2D eigenvalue weighted by molar-refractivity contribution is -0.136. The van der Waals surface area contributed by atoms with Crippen molar-refractivity contribution >= 4 is 29.7 Å². The van der Waals surface area contributed by atoms with Crippen molar-refractivity contribution in [2.45, 2.75) is 20.0 Å². The Labute approximate surface area is 144 Å². The third-order valence-corrected chi connectivity index (χ3v) is 3.37. The Bertz CT molecular complexity index is 690. The Morgan fingerprint density at radius 2 is 2.12 bits per heavy atom. The van der Waals surface area contributed by atoms with Crippen LogP contribution >= 0.6 is 0 Å². The third kappa shape index (κ3) is 4.69. The second-order valence-electron chi connectivity index (χ2n) is 5.20. The number of benzene rings is 1. The van der Waals surface area contributed by atoms with Crippen LogP contribution in [-0.2, 0) is 14.3 Å². The molecule has 1 fully saturated rings. The molecule has 2 rings (SSSR count). The summed E-state index contributed by atoms with van der Waals surface area (Å²) in [4.78, 5) is 48.2. The molecule has 134 valence electrons. The molecular weight excluding hydrogens is 330 g/mol. The van der Waals surface area contributed by atoms with Crippen LogP contribution in [0.25, 0.3) is 0 Å². The number of anilines is 1. The molecule has 0 aliphatic carbocycles. The molecule has 1 unspecified atom stereocenters. The Morgan fingerprint density at radius 3 is 2.76 bits per heavy atom. The summed E-state index contributed by atoms with van der Waals surface area (Å²) in [5.74, 6) is -1.34. The van der Waals surface area contributed by atoms with Crippen LogP contribution in [0.5, 0.6) is 0 Å². The lowest BCUT2D eigenvalue weighted by atomic mass is 10.2. The largest absolute Gasteiger partial charge is 0.450 e. The fourth-order valence-corrected chi connectivity index (χ4v) is 2.19. The minimum absolute atomic E-state index is 0.153. The molecule has 25 heavy (non-hydrogen) atoms. The summed E-state index contributed by atoms with van der Waals surface area (Å²) in [6, 6.07) is 5.51. The van der Waals surface area contributed by atoms with Crippen LogP contribution in [0.1, 0.15) is 24.2 Å². The molecule has 9 nitrogen and oxygen atoms in total. The van der Waals surface area contributed by atoms with E-state index < -0.39 is 30.1 Å². The Balaban J connectivity index is 1.99. The summed E-state index contributed by atoms with van der Waals surface area (Å²) in [7, 11) is 0. The fraction of sp³-hybridized carbons (Fsp3) is 0.375. The summed E-state index contributed by atoms with van der Waals surface area (Å²) >= 11 is 0. The maximum atomic E-state index is 12.2. The molecule has 9 heteroatoms. The third-order valence-electron chi connectivity index (χ3n) is 3.37. The van der Waals surface area contributed by atoms with Gasteiger partial charge < -0.3 is 14.8 Å². The average molecular weight is 349 g/mol. The predicted molar refractivity (Wildman–Crippen MR) is 87.1 cm³/mol. The van der Waals surface area contributed by atoms with Gasteiger partial charge in [-0.1, -0.05) is 6.07 Å². The molecule has 1 aromatic rings. The maximum Gasteiger partial charge on any atom is 0.411 e. The topological polar surface area (TPSA) is 114 Å². The van der Waals surface area contributed by atoms with Gasteiger partial charge in [0.15, 0.2) is 6.10 Å². The van der Waals surface area contributed by atoms with Gasteiger partial charge in [0.2, 0.25) is 0 Å². The lowest BCUT2D eigenvalue weighted by Crippen LogP contribution is -2.41. The van der Waals surface area contributed by atoms with Gasteiger partial charge in [0.1, 0.15) is 0 Å². The molecule has 1 atom stereocenters. The molecule has 1 heterocycles. The van der Waals surface area contributed by atoms with E-state index in [1.165, 1.54) is 19.1 Å². The van der Waals surface area contributed by atoms with Gasteiger partial charge in [-0.15, -0.1) is 0 Å². The van der Waals surface area contributed by atoms with Gasteiger partial charge in [0, 0.05) is 18.8 Å². The first-order valence-corrected chi connectivity index (χ1v) is 7.76. The zero-order chi connectivity index (χ0) is 18.4. The standard InChI is InChI=1S/C16H19N3O6/c1-3-24-16(23)18-12-6-4-5-11(9-12)14(21)25-10(2)13(20)19-8-7-17-15(19)22/h4-6,9-10H,3,7-8H2,1-2H3,(H,17,22)(H,18,23). The number of nitrogens with one attached hydrogen (secondary N) is 2. The zero-order valence-corrected chi connectivity index (χ0v) is 13.9. The van der Waals surface area contributed by atoms with E-state index in [9.17, 15) is 19.2 Å². The van der Waals surface area contributed by atoms with Crippen molar-refractivity contribution in [2.75, 3.05) is 25.0 Å². The molecule has 0 saturated carbocycles. The number of hydrogen-bond acceptors (Lipinski definition) is 6. The van der Waals surface area contributed by atoms with Gasteiger partial charge in [-0.25, -0.2) is 14.4 Å². The van der Waals surface area contributed by atoms with Gasteiger partial charge in [0.25, 0.3) is 5.91 Å². The highest BCUT2D eigenvalue weighted by molar-refractivity contribution is 5.99. The molecule has 1 saturated heterocycles. The van der Waals surface area contributed by atoms with E-state index in [2.05, 4.69) is 10.6 Å². The molecule has 1 aliphatic heterocycles. The molecule has 0 bridgehead atoms. The van der Waals surface area contributed by atoms with Gasteiger partial charge in [-0.05, 0) is 32.0 Å². The number of amides is 4. The number of rotatable bonds is 5. The number of esters is 1. The van der Waals surface area contributed by atoms with Crippen LogP contribution in [0.4, 0.5) is 15.3 Å². The smallest absolute Gasteiger partial charge is 0.411 e. The molecule has 1 aromatic carbocycles. The van der Waals surface area contributed by atoms with Crippen molar-refractivity contribution in [3.8, 4) is 0 Å². The molecule has 4 amide bonds. The van der Waals surface area contributed by atoms with E-state index in [-0.39, 0.29) is 18.7 Å². The van der Waals surface area contributed by atoms with E-state index in [0.717, 1.165) is 4.90 Å². The first kappa shape index (κ1) is 18.2. The molecule has 1 aliphatic rings. The number of hydrogen-bond donors (Lipinski definition) is 2. The van der Waals surface area contributed by atoms with Gasteiger partial charge in [-0.3, -0.25) is 15.0 Å². The van der Waals surface area contributed by atoms with Crippen LogP contribution < -0.4 is 10.6 Å². The van der Waals surface area contributed by atoms with Crippen molar-refractivity contribution < 1.29 is 28.7 Å². The summed E-state index contributed by atoms with van der Waals surface area (Å²) in [6.45, 7) is 3.89. The lowest BCUT2D eigenvalue weighted by Gasteiger charge is -2.18. The van der Waals surface area contributed by atoms with Crippen molar-refractivity contribution in [1.82, 2.24) is 10.2 Å². The van der Waals surface area contributed by atoms with Crippen LogP contribution in [0.15, 0.2) is 24.3 Å². The van der Waals surface area contributed by atoms with E-state index in [4.69, 9.17) is 9.47 Å². The zero-order valence-electron chi connectivity index (χ0n) is 13.9. The Morgan fingerprint density at radius 1 is 1.36 bits per heavy atom. The van der Waals surface area contributed by atoms with E-state index in [0.29, 0.717) is 12.2 Å². The summed E-state index contributed by atoms with van der Waals surface area (Å²) < 4.78 is 9.87. The van der Waals surface area contributed by atoms with Crippen molar-refractivity contribution in [1.29, 1.82) is 0 Å². The van der Waals surface area contributed by atoms with Crippen LogP contribution in [0.2, 0.25) is 0 Å². The first-order valence-electron chi connectivity index (χ1n) is 7.76. The van der Waals surface area contributed by atoms with Crippen molar-refractivity contribution in [2.24, 2.45) is 0 Å². The Kier molecular flexibility index (Phi) is 5.93. The number of ether oxygens (including phenoxy) is 2. The fourth-order valence-electron chi connectivity index (χ4n) is 2.19. The normalized spacial score (nSPS) is 14.5. The van der Waals surface area contributed by atoms with Crippen LogP contribution in [0.3, 0.4) is 0 Å². The monoisotopic (exact) mass is 349 g/mol. The highest BCUT2D eigenvalue weighted by atomic mass is 16.6. The second kappa shape index (κ2) is 8.13. The number of carbonyl (C=O) groups excluding carboxylic acids is 4. The molecule has 0 radical (unpaired) electrons. The minimum Gasteiger partial charge on any atom is -0.450 e. The van der Waals surface area contributed by atoms with E-state index >= 15 is 0 Å². The van der Waals surface area contributed by atoms with Crippen molar-refractivity contribution in [3.63, 3.8) is 0 Å². The highest BCUT2D eigenvalue weighted by Crippen LogP contribution is 2.14. The summed E-state index contributed by atoms with van der Waals surface area (Å²) in [5, 5.41) is 4.97. The van der Waals surface area contributed by atoms with E-state index in [1.807, 2.05) is 0 Å². The first-order chi connectivity index (χ1) is 11.9. The molecule has 2 N–H and O–H groups in total. The van der Waals surface area contributed by atoms with Gasteiger partial charge >= 0.3 is 18.1 Å². The SMILES string of the molecule is CCOC(=O)Nc1cccc(C(=O)OC(C)C(=O)N2CCNC2=O)c1. The second-order valence-corrected chi connectivity index (χ2v) is 5.20. The average Bonchev–Trinajstić information content (AvgIpc) is 3.00. The highest BCUT2D eigenvalue weighted by Gasteiger charge is 2.31.